The van der Waals surface area contributed by atoms with Crippen LogP contribution in [0.1, 0.15) is 39.0 Å². The molecule has 4 heteroatoms. The maximum absolute atomic E-state index is 8.38. The van der Waals surface area contributed by atoms with E-state index in [1.165, 1.54) is 32.1 Å². The third-order valence-electron chi connectivity index (χ3n) is 3.09. The molecule has 0 amide bonds. The van der Waals surface area contributed by atoms with Crippen molar-refractivity contribution in [1.82, 2.24) is 5.32 Å². The van der Waals surface area contributed by atoms with Crippen molar-refractivity contribution in [1.29, 1.82) is 0 Å². The summed E-state index contributed by atoms with van der Waals surface area (Å²) < 4.78 is 0. The fourth-order valence-electron chi connectivity index (χ4n) is 2.10. The summed E-state index contributed by atoms with van der Waals surface area (Å²) in [5.41, 5.74) is 5.39. The Morgan fingerprint density at radius 3 is 2.71 bits per heavy atom. The van der Waals surface area contributed by atoms with Crippen LogP contribution in [-0.2, 0) is 0 Å². The normalized spacial score (nSPS) is 22.2. The summed E-state index contributed by atoms with van der Waals surface area (Å²) >= 11 is 0. The molecule has 82 valence electrons. The minimum absolute atomic E-state index is 0.257. The fourth-order valence-corrected chi connectivity index (χ4v) is 2.10. The zero-order chi connectivity index (χ0) is 10.4. The lowest BCUT2D eigenvalue weighted by atomic mass is 9.84. The summed E-state index contributed by atoms with van der Waals surface area (Å²) in [6, 6.07) is 0.468. The summed E-state index contributed by atoms with van der Waals surface area (Å²) in [6.45, 7) is 2.66. The average Bonchev–Trinajstić information content (AvgIpc) is 2.26. The lowest BCUT2D eigenvalue weighted by molar-refractivity contribution is 0.285. The first kappa shape index (κ1) is 11.3. The first-order valence-corrected chi connectivity index (χ1v) is 5.44. The molecule has 1 aliphatic rings. The average molecular weight is 199 g/mol. The smallest absolute Gasteiger partial charge is 0.153 e. The van der Waals surface area contributed by atoms with Gasteiger partial charge in [0.25, 0.3) is 0 Å². The van der Waals surface area contributed by atoms with E-state index >= 15 is 0 Å². The lowest BCUT2D eigenvalue weighted by Gasteiger charge is -2.28. The van der Waals surface area contributed by atoms with Crippen molar-refractivity contribution in [2.75, 3.05) is 6.54 Å². The quantitative estimate of drug-likeness (QED) is 0.276. The molecular weight excluding hydrogens is 178 g/mol. The van der Waals surface area contributed by atoms with Crippen LogP contribution in [-0.4, -0.2) is 23.6 Å². The van der Waals surface area contributed by atoms with Crippen molar-refractivity contribution in [3.8, 4) is 0 Å². The van der Waals surface area contributed by atoms with E-state index in [2.05, 4.69) is 17.4 Å². The SMILES string of the molecule is C[C@H](NCC(N)=NO)C1CCCCC1. The van der Waals surface area contributed by atoms with Gasteiger partial charge in [0.2, 0.25) is 0 Å². The highest BCUT2D eigenvalue weighted by Gasteiger charge is 2.19. The van der Waals surface area contributed by atoms with E-state index in [0.717, 1.165) is 5.92 Å². The van der Waals surface area contributed by atoms with Gasteiger partial charge in [-0.05, 0) is 25.7 Å². The molecule has 0 unspecified atom stereocenters. The predicted molar refractivity (Wildman–Crippen MR) is 57.4 cm³/mol. The van der Waals surface area contributed by atoms with Gasteiger partial charge in [-0.25, -0.2) is 0 Å². The summed E-state index contributed by atoms with van der Waals surface area (Å²) in [5, 5.41) is 14.6. The van der Waals surface area contributed by atoms with E-state index in [4.69, 9.17) is 10.9 Å². The van der Waals surface area contributed by atoms with Gasteiger partial charge in [-0.3, -0.25) is 0 Å². The first-order chi connectivity index (χ1) is 6.74. The van der Waals surface area contributed by atoms with Crippen molar-refractivity contribution in [3.05, 3.63) is 0 Å². The van der Waals surface area contributed by atoms with E-state index in [0.29, 0.717) is 12.6 Å². The van der Waals surface area contributed by atoms with Gasteiger partial charge in [-0.15, -0.1) is 0 Å². The second-order valence-corrected chi connectivity index (χ2v) is 4.16. The lowest BCUT2D eigenvalue weighted by Crippen LogP contribution is -2.39. The Hall–Kier alpha value is -0.770. The van der Waals surface area contributed by atoms with E-state index in [-0.39, 0.29) is 5.84 Å². The fraction of sp³-hybridized carbons (Fsp3) is 0.900. The molecule has 0 aliphatic heterocycles. The van der Waals surface area contributed by atoms with Crippen molar-refractivity contribution in [2.24, 2.45) is 16.8 Å². The summed E-state index contributed by atoms with van der Waals surface area (Å²) in [5.74, 6) is 1.02. The Labute approximate surface area is 85.6 Å². The van der Waals surface area contributed by atoms with E-state index in [9.17, 15) is 0 Å². The molecular formula is C10H21N3O. The minimum Gasteiger partial charge on any atom is -0.409 e. The first-order valence-electron chi connectivity index (χ1n) is 5.44. The van der Waals surface area contributed by atoms with Gasteiger partial charge in [0, 0.05) is 6.04 Å². The van der Waals surface area contributed by atoms with Crippen LogP contribution in [0.2, 0.25) is 0 Å². The Morgan fingerprint density at radius 2 is 2.14 bits per heavy atom. The molecule has 0 saturated heterocycles. The Bertz CT molecular complexity index is 188. The molecule has 1 saturated carbocycles. The molecule has 1 aliphatic carbocycles. The molecule has 0 spiro atoms. The van der Waals surface area contributed by atoms with Crippen molar-refractivity contribution >= 4 is 5.84 Å². The van der Waals surface area contributed by atoms with Gasteiger partial charge >= 0.3 is 0 Å². The molecule has 0 aromatic rings. The van der Waals surface area contributed by atoms with E-state index < -0.39 is 0 Å². The number of oxime groups is 1. The summed E-state index contributed by atoms with van der Waals surface area (Å²) in [7, 11) is 0. The second-order valence-electron chi connectivity index (χ2n) is 4.16. The largest absolute Gasteiger partial charge is 0.409 e. The highest BCUT2D eigenvalue weighted by molar-refractivity contribution is 5.81. The highest BCUT2D eigenvalue weighted by Crippen LogP contribution is 2.26. The Balaban J connectivity index is 2.22. The standard InChI is InChI=1S/C10H21N3O/c1-8(12-7-10(11)13-14)9-5-3-2-4-6-9/h8-9,12,14H,2-7H2,1H3,(H2,11,13)/t8-/m0/s1. The minimum atomic E-state index is 0.257. The summed E-state index contributed by atoms with van der Waals surface area (Å²) in [6.07, 6.45) is 6.69. The van der Waals surface area contributed by atoms with Gasteiger partial charge < -0.3 is 16.3 Å². The van der Waals surface area contributed by atoms with E-state index in [1.54, 1.807) is 0 Å². The molecule has 14 heavy (non-hydrogen) atoms. The number of amidine groups is 1. The van der Waals surface area contributed by atoms with Crippen molar-refractivity contribution < 1.29 is 5.21 Å². The third-order valence-corrected chi connectivity index (χ3v) is 3.09. The molecule has 0 radical (unpaired) electrons. The summed E-state index contributed by atoms with van der Waals surface area (Å²) in [4.78, 5) is 0. The molecule has 0 heterocycles. The topological polar surface area (TPSA) is 70.6 Å². The number of nitrogens with two attached hydrogens (primary N) is 1. The number of hydrogen-bond acceptors (Lipinski definition) is 3. The van der Waals surface area contributed by atoms with Gasteiger partial charge in [0.15, 0.2) is 5.84 Å². The van der Waals surface area contributed by atoms with Gasteiger partial charge in [0.05, 0.1) is 6.54 Å². The van der Waals surface area contributed by atoms with Crippen LogP contribution in [0.25, 0.3) is 0 Å². The Morgan fingerprint density at radius 1 is 1.50 bits per heavy atom. The maximum Gasteiger partial charge on any atom is 0.153 e. The van der Waals surface area contributed by atoms with Crippen molar-refractivity contribution in [3.63, 3.8) is 0 Å². The van der Waals surface area contributed by atoms with Crippen LogP contribution in [0.5, 0.6) is 0 Å². The molecule has 0 aromatic carbocycles. The van der Waals surface area contributed by atoms with Crippen LogP contribution in [0.4, 0.5) is 0 Å². The number of nitrogens with zero attached hydrogens (tertiary/aromatic N) is 1. The van der Waals surface area contributed by atoms with Crippen LogP contribution < -0.4 is 11.1 Å². The molecule has 1 rings (SSSR count). The molecule has 1 fully saturated rings. The highest BCUT2D eigenvalue weighted by atomic mass is 16.4. The molecule has 4 N–H and O–H groups in total. The van der Waals surface area contributed by atoms with Crippen LogP contribution in [0.3, 0.4) is 0 Å². The van der Waals surface area contributed by atoms with Gasteiger partial charge in [0.1, 0.15) is 0 Å². The molecule has 4 nitrogen and oxygen atoms in total. The number of nitrogens with one attached hydrogen (secondary N) is 1. The third kappa shape index (κ3) is 3.54. The second kappa shape index (κ2) is 5.86. The van der Waals surface area contributed by atoms with Crippen LogP contribution in [0, 0.1) is 5.92 Å². The predicted octanol–water partition coefficient (Wildman–Crippen LogP) is 1.29. The van der Waals surface area contributed by atoms with Crippen LogP contribution >= 0.6 is 0 Å². The molecule has 0 bridgehead atoms. The van der Waals surface area contributed by atoms with Gasteiger partial charge in [-0.1, -0.05) is 24.4 Å². The number of hydrogen-bond donors (Lipinski definition) is 3. The van der Waals surface area contributed by atoms with Crippen LogP contribution in [0.15, 0.2) is 5.16 Å². The Kier molecular flexibility index (Phi) is 4.73. The maximum atomic E-state index is 8.38. The zero-order valence-electron chi connectivity index (χ0n) is 8.87. The number of rotatable bonds is 4. The van der Waals surface area contributed by atoms with E-state index in [1.807, 2.05) is 0 Å². The molecule has 1 atom stereocenters. The van der Waals surface area contributed by atoms with Crippen molar-refractivity contribution in [2.45, 2.75) is 45.1 Å². The zero-order valence-corrected chi connectivity index (χ0v) is 8.87. The van der Waals surface area contributed by atoms with Gasteiger partial charge in [-0.2, -0.15) is 0 Å². The molecule has 0 aromatic heterocycles. The monoisotopic (exact) mass is 199 g/mol.